The number of anilines is 1. The van der Waals surface area contributed by atoms with E-state index in [2.05, 4.69) is 10.5 Å². The fourth-order valence-electron chi connectivity index (χ4n) is 1.51. The number of para-hydroxylation sites is 2. The zero-order valence-electron chi connectivity index (χ0n) is 9.85. The lowest BCUT2D eigenvalue weighted by Crippen LogP contribution is -1.96. The van der Waals surface area contributed by atoms with E-state index in [1.54, 1.807) is 36.4 Å². The molecule has 0 amide bonds. The van der Waals surface area contributed by atoms with Crippen LogP contribution in [0.5, 0.6) is 5.75 Å². The summed E-state index contributed by atoms with van der Waals surface area (Å²) in [6, 6.07) is 12.7. The molecule has 0 spiro atoms. The number of nitrogens with one attached hydrogen (secondary N) is 1. The van der Waals surface area contributed by atoms with Crippen molar-refractivity contribution in [2.45, 2.75) is 0 Å². The van der Waals surface area contributed by atoms with Crippen LogP contribution in [-0.2, 0) is 0 Å². The van der Waals surface area contributed by atoms with Crippen LogP contribution in [0, 0.1) is 10.1 Å². The highest BCUT2D eigenvalue weighted by molar-refractivity contribution is 5.81. The fraction of sp³-hybridized carbons (Fsp3) is 0. The van der Waals surface area contributed by atoms with Crippen LogP contribution in [0.1, 0.15) is 5.56 Å². The number of nitro groups is 1. The van der Waals surface area contributed by atoms with Crippen molar-refractivity contribution in [2.24, 2.45) is 5.10 Å². The summed E-state index contributed by atoms with van der Waals surface area (Å²) < 4.78 is 0. The summed E-state index contributed by atoms with van der Waals surface area (Å²) in [6.07, 6.45) is 1.47. The lowest BCUT2D eigenvalue weighted by Gasteiger charge is -2.01. The molecule has 0 aliphatic rings. The number of phenolic OH excluding ortho intramolecular Hbond substituents is 1. The molecule has 0 aliphatic heterocycles. The van der Waals surface area contributed by atoms with Crippen LogP contribution in [0.15, 0.2) is 53.6 Å². The molecule has 0 unspecified atom stereocenters. The smallest absolute Gasteiger partial charge is 0.294 e. The maximum atomic E-state index is 10.8. The molecule has 6 heteroatoms. The van der Waals surface area contributed by atoms with Gasteiger partial charge in [-0.05, 0) is 23.8 Å². The van der Waals surface area contributed by atoms with E-state index in [0.717, 1.165) is 0 Å². The average Bonchev–Trinajstić information content (AvgIpc) is 2.39. The van der Waals surface area contributed by atoms with E-state index in [4.69, 9.17) is 0 Å². The summed E-state index contributed by atoms with van der Waals surface area (Å²) >= 11 is 0. The molecule has 0 fully saturated rings. The summed E-state index contributed by atoms with van der Waals surface area (Å²) in [5, 5.41) is 24.0. The van der Waals surface area contributed by atoms with E-state index >= 15 is 0 Å². The van der Waals surface area contributed by atoms with Crippen LogP contribution in [-0.4, -0.2) is 16.2 Å². The quantitative estimate of drug-likeness (QED) is 0.500. The lowest BCUT2D eigenvalue weighted by molar-refractivity contribution is -0.384. The molecule has 0 saturated carbocycles. The topological polar surface area (TPSA) is 87.8 Å². The summed E-state index contributed by atoms with van der Waals surface area (Å²) in [6.45, 7) is 0. The van der Waals surface area contributed by atoms with Crippen molar-refractivity contribution in [3.8, 4) is 5.75 Å². The summed E-state index contributed by atoms with van der Waals surface area (Å²) in [4.78, 5) is 10.3. The Balaban J connectivity index is 2.13. The number of hydrogen-bond acceptors (Lipinski definition) is 5. The third kappa shape index (κ3) is 3.29. The van der Waals surface area contributed by atoms with Crippen molar-refractivity contribution in [3.63, 3.8) is 0 Å². The normalized spacial score (nSPS) is 10.5. The minimum Gasteiger partial charge on any atom is -0.508 e. The van der Waals surface area contributed by atoms with Crippen LogP contribution < -0.4 is 5.43 Å². The summed E-state index contributed by atoms with van der Waals surface area (Å²) in [7, 11) is 0. The Kier molecular flexibility index (Phi) is 3.72. The first-order chi connectivity index (χ1) is 9.16. The van der Waals surface area contributed by atoms with Crippen molar-refractivity contribution < 1.29 is 10.0 Å². The van der Waals surface area contributed by atoms with E-state index in [1.165, 1.54) is 18.3 Å². The van der Waals surface area contributed by atoms with E-state index < -0.39 is 4.92 Å². The van der Waals surface area contributed by atoms with Gasteiger partial charge in [0.25, 0.3) is 5.69 Å². The first-order valence-electron chi connectivity index (χ1n) is 5.48. The molecule has 96 valence electrons. The zero-order chi connectivity index (χ0) is 13.7. The van der Waals surface area contributed by atoms with Gasteiger partial charge in [0.1, 0.15) is 11.4 Å². The molecule has 0 aromatic heterocycles. The van der Waals surface area contributed by atoms with E-state index in [1.807, 2.05) is 0 Å². The van der Waals surface area contributed by atoms with Gasteiger partial charge in [0.05, 0.1) is 11.1 Å². The van der Waals surface area contributed by atoms with Crippen molar-refractivity contribution in [3.05, 3.63) is 64.2 Å². The number of benzene rings is 2. The molecule has 2 aromatic carbocycles. The minimum absolute atomic E-state index is 0.0458. The molecule has 0 radical (unpaired) electrons. The predicted octanol–water partition coefficient (Wildman–Crippen LogP) is 2.75. The maximum absolute atomic E-state index is 10.8. The Bertz CT molecular complexity index is 626. The van der Waals surface area contributed by atoms with Gasteiger partial charge >= 0.3 is 0 Å². The number of hydrazone groups is 1. The Morgan fingerprint density at radius 1 is 1.21 bits per heavy atom. The first-order valence-corrected chi connectivity index (χ1v) is 5.48. The molecule has 2 rings (SSSR count). The SMILES string of the molecule is O=[N+]([O-])c1ccccc1N/N=C\c1cccc(O)c1. The van der Waals surface area contributed by atoms with Gasteiger partial charge in [-0.2, -0.15) is 5.10 Å². The lowest BCUT2D eigenvalue weighted by atomic mass is 10.2. The molecule has 0 bridgehead atoms. The molecule has 2 N–H and O–H groups in total. The number of aromatic hydroxyl groups is 1. The summed E-state index contributed by atoms with van der Waals surface area (Å²) in [5.41, 5.74) is 3.56. The Morgan fingerprint density at radius 3 is 2.74 bits per heavy atom. The van der Waals surface area contributed by atoms with Crippen molar-refractivity contribution in [1.82, 2.24) is 0 Å². The van der Waals surface area contributed by atoms with Gasteiger partial charge in [-0.15, -0.1) is 0 Å². The van der Waals surface area contributed by atoms with Crippen molar-refractivity contribution in [2.75, 3.05) is 5.43 Å². The number of nitro benzene ring substituents is 1. The summed E-state index contributed by atoms with van der Waals surface area (Å²) in [5.74, 6) is 0.134. The number of hydrogen-bond donors (Lipinski definition) is 2. The highest BCUT2D eigenvalue weighted by Crippen LogP contribution is 2.22. The van der Waals surface area contributed by atoms with Crippen LogP contribution in [0.25, 0.3) is 0 Å². The van der Waals surface area contributed by atoms with Gasteiger partial charge in [-0.1, -0.05) is 24.3 Å². The van der Waals surface area contributed by atoms with Crippen LogP contribution in [0.3, 0.4) is 0 Å². The van der Waals surface area contributed by atoms with E-state index in [-0.39, 0.29) is 11.4 Å². The number of rotatable bonds is 4. The molecule has 2 aromatic rings. The second-order valence-corrected chi connectivity index (χ2v) is 3.74. The highest BCUT2D eigenvalue weighted by atomic mass is 16.6. The molecule has 0 heterocycles. The molecule has 0 atom stereocenters. The average molecular weight is 257 g/mol. The third-order valence-electron chi connectivity index (χ3n) is 2.37. The third-order valence-corrected chi connectivity index (χ3v) is 2.37. The molecule has 0 aliphatic carbocycles. The van der Waals surface area contributed by atoms with Crippen molar-refractivity contribution in [1.29, 1.82) is 0 Å². The second-order valence-electron chi connectivity index (χ2n) is 3.74. The Morgan fingerprint density at radius 2 is 2.00 bits per heavy atom. The largest absolute Gasteiger partial charge is 0.508 e. The molecule has 19 heavy (non-hydrogen) atoms. The van der Waals surface area contributed by atoms with Crippen LogP contribution in [0.2, 0.25) is 0 Å². The standard InChI is InChI=1S/C13H11N3O3/c17-11-5-3-4-10(8-11)9-14-15-12-6-1-2-7-13(12)16(18)19/h1-9,15,17H/b14-9-. The molecule has 6 nitrogen and oxygen atoms in total. The van der Waals surface area contributed by atoms with Gasteiger partial charge in [0.15, 0.2) is 0 Å². The van der Waals surface area contributed by atoms with E-state index in [0.29, 0.717) is 11.3 Å². The predicted molar refractivity (Wildman–Crippen MR) is 72.4 cm³/mol. The monoisotopic (exact) mass is 257 g/mol. The maximum Gasteiger partial charge on any atom is 0.294 e. The minimum atomic E-state index is -0.480. The van der Waals surface area contributed by atoms with Gasteiger partial charge in [-0.3, -0.25) is 15.5 Å². The van der Waals surface area contributed by atoms with Gasteiger partial charge in [-0.25, -0.2) is 0 Å². The van der Waals surface area contributed by atoms with Crippen LogP contribution in [0.4, 0.5) is 11.4 Å². The van der Waals surface area contributed by atoms with E-state index in [9.17, 15) is 15.2 Å². The second kappa shape index (κ2) is 5.63. The first kappa shape index (κ1) is 12.6. The number of phenols is 1. The van der Waals surface area contributed by atoms with Crippen molar-refractivity contribution >= 4 is 17.6 Å². The molecular formula is C13H11N3O3. The highest BCUT2D eigenvalue weighted by Gasteiger charge is 2.10. The van der Waals surface area contributed by atoms with Gasteiger partial charge < -0.3 is 5.11 Å². The Labute approximate surface area is 109 Å². The Hall–Kier alpha value is -2.89. The fourth-order valence-corrected chi connectivity index (χ4v) is 1.51. The number of nitrogens with zero attached hydrogens (tertiary/aromatic N) is 2. The van der Waals surface area contributed by atoms with Gasteiger partial charge in [0.2, 0.25) is 0 Å². The molecule has 0 saturated heterocycles. The zero-order valence-corrected chi connectivity index (χ0v) is 9.85. The van der Waals surface area contributed by atoms with Gasteiger partial charge in [0, 0.05) is 6.07 Å². The molecular weight excluding hydrogens is 246 g/mol. The van der Waals surface area contributed by atoms with Crippen LogP contribution >= 0.6 is 0 Å².